The maximum Gasteiger partial charge on any atom is 0.316 e. The monoisotopic (exact) mass is 345 g/mol. The van der Waals surface area contributed by atoms with Gasteiger partial charge in [-0.15, -0.1) is 0 Å². The summed E-state index contributed by atoms with van der Waals surface area (Å²) in [5.41, 5.74) is 0.482. The van der Waals surface area contributed by atoms with Crippen molar-refractivity contribution in [2.75, 3.05) is 26.3 Å². The Kier molecular flexibility index (Phi) is 4.09. The summed E-state index contributed by atoms with van der Waals surface area (Å²) in [4.78, 5) is 22.1. The molecule has 7 nitrogen and oxygen atoms in total. The van der Waals surface area contributed by atoms with Gasteiger partial charge in [-0.2, -0.15) is 0 Å². The number of amides is 1. The molecular weight excluding hydrogens is 329 g/mol. The van der Waals surface area contributed by atoms with Crippen LogP contribution < -0.4 is 14.2 Å². The van der Waals surface area contributed by atoms with E-state index in [2.05, 4.69) is 9.97 Å². The van der Waals surface area contributed by atoms with Crippen molar-refractivity contribution in [1.82, 2.24) is 14.9 Å². The Morgan fingerprint density at radius 1 is 1.24 bits per heavy atom. The third kappa shape index (κ3) is 3.19. The van der Waals surface area contributed by atoms with Gasteiger partial charge in [0.05, 0.1) is 24.5 Å². The van der Waals surface area contributed by atoms with Crippen LogP contribution in [0.4, 0.5) is 4.39 Å². The lowest BCUT2D eigenvalue weighted by Gasteiger charge is -2.23. The lowest BCUT2D eigenvalue weighted by molar-refractivity contribution is 0.0759. The first-order valence-corrected chi connectivity index (χ1v) is 8.03. The van der Waals surface area contributed by atoms with Crippen LogP contribution in [0.2, 0.25) is 0 Å². The maximum atomic E-state index is 12.8. The molecule has 0 saturated carbocycles. The van der Waals surface area contributed by atoms with Crippen LogP contribution in [0.1, 0.15) is 16.8 Å². The zero-order chi connectivity index (χ0) is 17.2. The molecule has 1 aromatic heterocycles. The molecule has 0 unspecified atom stereocenters. The van der Waals surface area contributed by atoms with E-state index in [4.69, 9.17) is 14.2 Å². The molecule has 0 spiro atoms. The second-order valence-corrected chi connectivity index (χ2v) is 5.79. The number of hydrogen-bond acceptors (Lipinski definition) is 6. The lowest BCUT2D eigenvalue weighted by atomic mass is 10.1. The third-order valence-electron chi connectivity index (χ3n) is 4.10. The second-order valence-electron chi connectivity index (χ2n) is 5.79. The highest BCUT2D eigenvalue weighted by atomic mass is 19.1. The zero-order valence-electron chi connectivity index (χ0n) is 13.4. The topological polar surface area (TPSA) is 73.8 Å². The molecule has 1 fully saturated rings. The first-order valence-electron chi connectivity index (χ1n) is 8.03. The Morgan fingerprint density at radius 2 is 2.04 bits per heavy atom. The Hall–Kier alpha value is -2.90. The van der Waals surface area contributed by atoms with Gasteiger partial charge in [0.2, 0.25) is 0 Å². The maximum absolute atomic E-state index is 12.8. The van der Waals surface area contributed by atoms with E-state index in [0.29, 0.717) is 49.8 Å². The molecule has 1 atom stereocenters. The molecule has 1 amide bonds. The van der Waals surface area contributed by atoms with Crippen molar-refractivity contribution in [3.8, 4) is 17.5 Å². The normalized spacial score (nSPS) is 18.9. The quantitative estimate of drug-likeness (QED) is 0.843. The number of carbonyl (C=O) groups is 1. The number of likely N-dealkylation sites (tertiary alicyclic amines) is 1. The standard InChI is InChI=1S/C17H16FN3O4/c18-11-8-19-17(20-9-11)25-12-4-5-21(10-12)16(22)13-2-1-3-14-15(13)24-7-6-23-14/h1-3,8-9,12H,4-7,10H2/t12-/m1/s1. The van der Waals surface area contributed by atoms with E-state index in [-0.39, 0.29) is 18.0 Å². The molecule has 8 heteroatoms. The molecule has 2 aliphatic rings. The molecule has 0 bridgehead atoms. The van der Waals surface area contributed by atoms with Crippen molar-refractivity contribution >= 4 is 5.91 Å². The highest BCUT2D eigenvalue weighted by molar-refractivity contribution is 5.98. The molecule has 0 aliphatic carbocycles. The Bertz CT molecular complexity index is 784. The SMILES string of the molecule is O=C(c1cccc2c1OCCO2)N1CC[C@@H](Oc2ncc(F)cn2)C1. The predicted octanol–water partition coefficient (Wildman–Crippen LogP) is 1.68. The number of fused-ring (bicyclic) bond motifs is 1. The molecule has 130 valence electrons. The fourth-order valence-electron chi connectivity index (χ4n) is 2.93. The van der Waals surface area contributed by atoms with Crippen molar-refractivity contribution < 1.29 is 23.4 Å². The molecule has 2 aliphatic heterocycles. The van der Waals surface area contributed by atoms with Gasteiger partial charge in [-0.25, -0.2) is 14.4 Å². The van der Waals surface area contributed by atoms with Crippen molar-refractivity contribution in [2.45, 2.75) is 12.5 Å². The van der Waals surface area contributed by atoms with Crippen molar-refractivity contribution in [1.29, 1.82) is 0 Å². The minimum Gasteiger partial charge on any atom is -0.486 e. The molecule has 0 N–H and O–H groups in total. The summed E-state index contributed by atoms with van der Waals surface area (Å²) < 4.78 is 29.6. The van der Waals surface area contributed by atoms with E-state index in [1.54, 1.807) is 23.1 Å². The van der Waals surface area contributed by atoms with Crippen LogP contribution in [0, 0.1) is 5.82 Å². The molecule has 4 rings (SSSR count). The molecular formula is C17H16FN3O4. The zero-order valence-corrected chi connectivity index (χ0v) is 13.4. The number of nitrogens with zero attached hydrogens (tertiary/aromatic N) is 3. The van der Waals surface area contributed by atoms with Gasteiger partial charge in [0.25, 0.3) is 5.91 Å². The van der Waals surface area contributed by atoms with Crippen LogP contribution in [0.3, 0.4) is 0 Å². The molecule has 0 radical (unpaired) electrons. The first-order chi connectivity index (χ1) is 12.2. The third-order valence-corrected chi connectivity index (χ3v) is 4.10. The predicted molar refractivity (Wildman–Crippen MR) is 84.4 cm³/mol. The van der Waals surface area contributed by atoms with Crippen LogP contribution >= 0.6 is 0 Å². The summed E-state index contributed by atoms with van der Waals surface area (Å²) in [5, 5.41) is 0. The fourth-order valence-corrected chi connectivity index (χ4v) is 2.93. The molecule has 25 heavy (non-hydrogen) atoms. The molecule has 3 heterocycles. The summed E-state index contributed by atoms with van der Waals surface area (Å²) in [7, 11) is 0. The van der Waals surface area contributed by atoms with Gasteiger partial charge in [0, 0.05) is 13.0 Å². The highest BCUT2D eigenvalue weighted by Crippen LogP contribution is 2.34. The number of halogens is 1. The molecule has 1 saturated heterocycles. The number of rotatable bonds is 3. The second kappa shape index (κ2) is 6.54. The molecule has 2 aromatic rings. The number of ether oxygens (including phenoxy) is 3. The van der Waals surface area contributed by atoms with Crippen molar-refractivity contribution in [3.05, 3.63) is 42.0 Å². The Morgan fingerprint density at radius 3 is 2.88 bits per heavy atom. The van der Waals surface area contributed by atoms with Gasteiger partial charge in [-0.1, -0.05) is 6.07 Å². The molecule has 1 aromatic carbocycles. The van der Waals surface area contributed by atoms with E-state index in [1.165, 1.54) is 0 Å². The number of hydrogen-bond donors (Lipinski definition) is 0. The fraction of sp³-hybridized carbons (Fsp3) is 0.353. The number of aromatic nitrogens is 2. The minimum absolute atomic E-state index is 0.106. The Balaban J connectivity index is 1.45. The van der Waals surface area contributed by atoms with Gasteiger partial charge >= 0.3 is 6.01 Å². The average molecular weight is 345 g/mol. The van der Waals surface area contributed by atoms with Crippen LogP contribution in [0.25, 0.3) is 0 Å². The summed E-state index contributed by atoms with van der Waals surface area (Å²) >= 11 is 0. The van der Waals surface area contributed by atoms with Gasteiger partial charge in [0.1, 0.15) is 19.3 Å². The first kappa shape index (κ1) is 15.6. The van der Waals surface area contributed by atoms with Gasteiger partial charge < -0.3 is 19.1 Å². The average Bonchev–Trinajstić information content (AvgIpc) is 3.11. The van der Waals surface area contributed by atoms with Crippen LogP contribution in [-0.2, 0) is 0 Å². The Labute approximate surface area is 143 Å². The van der Waals surface area contributed by atoms with Crippen molar-refractivity contribution in [3.63, 3.8) is 0 Å². The summed E-state index contributed by atoms with van der Waals surface area (Å²) in [6.07, 6.45) is 2.52. The number of benzene rings is 1. The highest BCUT2D eigenvalue weighted by Gasteiger charge is 2.31. The summed E-state index contributed by atoms with van der Waals surface area (Å²) in [5.74, 6) is 0.425. The summed E-state index contributed by atoms with van der Waals surface area (Å²) in [6, 6.07) is 5.40. The van der Waals surface area contributed by atoms with Crippen molar-refractivity contribution in [2.24, 2.45) is 0 Å². The van der Waals surface area contributed by atoms with Gasteiger partial charge in [0.15, 0.2) is 17.3 Å². The lowest BCUT2D eigenvalue weighted by Crippen LogP contribution is -2.32. The van der Waals surface area contributed by atoms with E-state index >= 15 is 0 Å². The van der Waals surface area contributed by atoms with Crippen LogP contribution in [0.15, 0.2) is 30.6 Å². The van der Waals surface area contributed by atoms with Crippen LogP contribution in [0.5, 0.6) is 17.5 Å². The van der Waals surface area contributed by atoms with E-state index < -0.39 is 5.82 Å². The van der Waals surface area contributed by atoms with Crippen LogP contribution in [-0.4, -0.2) is 53.2 Å². The minimum atomic E-state index is -0.522. The summed E-state index contributed by atoms with van der Waals surface area (Å²) in [6.45, 7) is 1.85. The largest absolute Gasteiger partial charge is 0.486 e. The number of para-hydroxylation sites is 1. The van der Waals surface area contributed by atoms with Gasteiger partial charge in [-0.3, -0.25) is 4.79 Å². The smallest absolute Gasteiger partial charge is 0.316 e. The van der Waals surface area contributed by atoms with E-state index in [1.807, 2.05) is 0 Å². The number of carbonyl (C=O) groups excluding carboxylic acids is 1. The van der Waals surface area contributed by atoms with E-state index in [0.717, 1.165) is 12.4 Å². The van der Waals surface area contributed by atoms with Gasteiger partial charge in [-0.05, 0) is 12.1 Å². The van der Waals surface area contributed by atoms with E-state index in [9.17, 15) is 9.18 Å².